The van der Waals surface area contributed by atoms with E-state index in [1.807, 2.05) is 0 Å². The topological polar surface area (TPSA) is 17.1 Å². The van der Waals surface area contributed by atoms with Gasteiger partial charge in [-0.2, -0.15) is 0 Å². The van der Waals surface area contributed by atoms with Crippen LogP contribution in [0.3, 0.4) is 0 Å². The molecule has 0 aliphatic carbocycles. The molecule has 0 fully saturated rings. The van der Waals surface area contributed by atoms with Gasteiger partial charge in [-0.3, -0.25) is 0 Å². The lowest BCUT2D eigenvalue weighted by Crippen LogP contribution is -1.97. The van der Waals surface area contributed by atoms with E-state index in [4.69, 9.17) is 0 Å². The minimum absolute atomic E-state index is 0.300. The Morgan fingerprint density at radius 1 is 1.31 bits per heavy atom. The molecule has 13 heavy (non-hydrogen) atoms. The summed E-state index contributed by atoms with van der Waals surface area (Å²) in [6.07, 6.45) is 5.12. The summed E-state index contributed by atoms with van der Waals surface area (Å²) in [5.41, 5.74) is 1.34. The van der Waals surface area contributed by atoms with Crippen LogP contribution in [0.25, 0.3) is 0 Å². The van der Waals surface area contributed by atoms with Crippen molar-refractivity contribution in [2.24, 2.45) is 5.92 Å². The van der Waals surface area contributed by atoms with Gasteiger partial charge in [0.25, 0.3) is 0 Å². The monoisotopic (exact) mass is 182 g/mol. The first-order valence-electron chi connectivity index (χ1n) is 5.25. The lowest BCUT2D eigenvalue weighted by Gasteiger charge is -2.11. The lowest BCUT2D eigenvalue weighted by atomic mass is 9.95. The van der Waals surface area contributed by atoms with Gasteiger partial charge in [0.2, 0.25) is 0 Å². The molecule has 0 heterocycles. The van der Waals surface area contributed by atoms with Crippen LogP contribution in [0.2, 0.25) is 0 Å². The number of rotatable bonds is 7. The second kappa shape index (κ2) is 6.88. The van der Waals surface area contributed by atoms with E-state index in [1.165, 1.54) is 12.0 Å². The molecule has 0 saturated carbocycles. The summed E-state index contributed by atoms with van der Waals surface area (Å²) in [6.45, 7) is 10.1. The molecule has 0 radical (unpaired) electrons. The zero-order valence-corrected chi connectivity index (χ0v) is 9.23. The van der Waals surface area contributed by atoms with E-state index in [0.29, 0.717) is 11.7 Å². The van der Waals surface area contributed by atoms with Crippen LogP contribution < -0.4 is 0 Å². The van der Waals surface area contributed by atoms with Gasteiger partial charge in [-0.15, -0.1) is 0 Å². The van der Waals surface area contributed by atoms with Crippen LogP contribution in [0.1, 0.15) is 52.9 Å². The van der Waals surface area contributed by atoms with E-state index < -0.39 is 0 Å². The van der Waals surface area contributed by atoms with E-state index in [1.54, 1.807) is 6.92 Å². The van der Waals surface area contributed by atoms with Gasteiger partial charge in [-0.1, -0.05) is 26.0 Å². The maximum Gasteiger partial charge on any atom is 0.129 e. The van der Waals surface area contributed by atoms with E-state index in [9.17, 15) is 4.79 Å². The average Bonchev–Trinajstić information content (AvgIpc) is 2.10. The van der Waals surface area contributed by atoms with Gasteiger partial charge in [0.15, 0.2) is 0 Å². The Morgan fingerprint density at radius 2 is 1.85 bits per heavy atom. The number of hydrogen-bond donors (Lipinski definition) is 0. The van der Waals surface area contributed by atoms with Crippen molar-refractivity contribution in [3.63, 3.8) is 0 Å². The molecule has 1 nitrogen and oxygen atoms in total. The smallest absolute Gasteiger partial charge is 0.129 e. The first-order valence-corrected chi connectivity index (χ1v) is 5.25. The molecule has 0 rings (SSSR count). The molecular weight excluding hydrogens is 160 g/mol. The third-order valence-corrected chi connectivity index (χ3v) is 2.59. The summed E-state index contributed by atoms with van der Waals surface area (Å²) in [7, 11) is 0. The van der Waals surface area contributed by atoms with Gasteiger partial charge in [-0.05, 0) is 38.5 Å². The van der Waals surface area contributed by atoms with Crippen molar-refractivity contribution in [1.82, 2.24) is 0 Å². The molecule has 0 amide bonds. The average molecular weight is 182 g/mol. The maximum absolute atomic E-state index is 10.7. The highest BCUT2D eigenvalue weighted by Crippen LogP contribution is 2.18. The Morgan fingerprint density at radius 3 is 2.31 bits per heavy atom. The van der Waals surface area contributed by atoms with Crippen LogP contribution in [0.5, 0.6) is 0 Å². The fourth-order valence-corrected chi connectivity index (χ4v) is 1.26. The Hall–Kier alpha value is -0.590. The number of Topliss-reactive ketones (excluding diaryl/α,β-unsaturated/α-hetero) is 1. The number of ketones is 1. The van der Waals surface area contributed by atoms with Crippen LogP contribution in [0.4, 0.5) is 0 Å². The third kappa shape index (κ3) is 6.56. The van der Waals surface area contributed by atoms with Crippen molar-refractivity contribution < 1.29 is 4.79 Å². The highest BCUT2D eigenvalue weighted by Gasteiger charge is 2.03. The van der Waals surface area contributed by atoms with E-state index in [2.05, 4.69) is 20.4 Å². The van der Waals surface area contributed by atoms with Crippen molar-refractivity contribution >= 4 is 5.78 Å². The van der Waals surface area contributed by atoms with Crippen LogP contribution in [0.15, 0.2) is 12.2 Å². The molecule has 0 saturated heterocycles. The Labute approximate surface area is 82.2 Å². The zero-order valence-electron chi connectivity index (χ0n) is 9.23. The van der Waals surface area contributed by atoms with E-state index in [-0.39, 0.29) is 0 Å². The summed E-state index contributed by atoms with van der Waals surface area (Å²) >= 11 is 0. The predicted octanol–water partition coefficient (Wildman–Crippen LogP) is 3.74. The zero-order chi connectivity index (χ0) is 10.3. The van der Waals surface area contributed by atoms with Gasteiger partial charge in [0.05, 0.1) is 0 Å². The fourth-order valence-electron chi connectivity index (χ4n) is 1.26. The molecular formula is C12H22O. The van der Waals surface area contributed by atoms with E-state index >= 15 is 0 Å². The number of carbonyl (C=O) groups is 1. The lowest BCUT2D eigenvalue weighted by molar-refractivity contribution is -0.117. The first kappa shape index (κ1) is 12.4. The quantitative estimate of drug-likeness (QED) is 0.433. The van der Waals surface area contributed by atoms with Crippen molar-refractivity contribution in [3.8, 4) is 0 Å². The second-order valence-corrected chi connectivity index (χ2v) is 3.88. The van der Waals surface area contributed by atoms with Crippen molar-refractivity contribution in [2.75, 3.05) is 0 Å². The molecule has 0 aliphatic heterocycles. The van der Waals surface area contributed by atoms with Crippen LogP contribution in [-0.2, 0) is 4.79 Å². The van der Waals surface area contributed by atoms with Crippen LogP contribution in [0, 0.1) is 5.92 Å². The largest absolute Gasteiger partial charge is 0.300 e. The van der Waals surface area contributed by atoms with Crippen LogP contribution >= 0.6 is 0 Å². The summed E-state index contributed by atoms with van der Waals surface area (Å²) < 4.78 is 0. The highest BCUT2D eigenvalue weighted by molar-refractivity contribution is 5.75. The van der Waals surface area contributed by atoms with E-state index in [0.717, 1.165) is 25.7 Å². The Bertz CT molecular complexity index is 170. The number of allylic oxidation sites excluding steroid dienone is 1. The maximum atomic E-state index is 10.7. The molecule has 1 heteroatoms. The summed E-state index contributed by atoms with van der Waals surface area (Å²) in [5.74, 6) is 0.937. The van der Waals surface area contributed by atoms with Crippen molar-refractivity contribution in [2.45, 2.75) is 52.9 Å². The minimum Gasteiger partial charge on any atom is -0.300 e. The number of unbranched alkanes of at least 4 members (excludes halogenated alkanes) is 1. The van der Waals surface area contributed by atoms with Gasteiger partial charge in [0.1, 0.15) is 5.78 Å². The third-order valence-electron chi connectivity index (χ3n) is 2.59. The SMILES string of the molecule is C=C(CCCCC(C)=O)C(C)CC. The molecule has 0 spiro atoms. The summed E-state index contributed by atoms with van der Waals surface area (Å²) in [6, 6.07) is 0. The summed E-state index contributed by atoms with van der Waals surface area (Å²) in [4.78, 5) is 10.7. The Balaban J connectivity index is 3.42. The van der Waals surface area contributed by atoms with Gasteiger partial charge < -0.3 is 4.79 Å². The fraction of sp³-hybridized carbons (Fsp3) is 0.750. The van der Waals surface area contributed by atoms with Gasteiger partial charge in [-0.25, -0.2) is 0 Å². The standard InChI is InChI=1S/C12H22O/c1-5-10(2)11(3)8-6-7-9-12(4)13/h10H,3,5-9H2,1-2,4H3. The van der Waals surface area contributed by atoms with Gasteiger partial charge >= 0.3 is 0 Å². The summed E-state index contributed by atoms with van der Waals surface area (Å²) in [5, 5.41) is 0. The molecule has 76 valence electrons. The predicted molar refractivity (Wildman–Crippen MR) is 57.7 cm³/mol. The molecule has 0 bridgehead atoms. The molecule has 0 aromatic heterocycles. The number of carbonyl (C=O) groups excluding carboxylic acids is 1. The Kier molecular flexibility index (Phi) is 6.56. The normalized spacial score (nSPS) is 12.5. The molecule has 1 unspecified atom stereocenters. The van der Waals surface area contributed by atoms with Crippen molar-refractivity contribution in [3.05, 3.63) is 12.2 Å². The first-order chi connectivity index (χ1) is 6.07. The molecule has 0 N–H and O–H groups in total. The van der Waals surface area contributed by atoms with Crippen LogP contribution in [-0.4, -0.2) is 5.78 Å². The van der Waals surface area contributed by atoms with Crippen molar-refractivity contribution in [1.29, 1.82) is 0 Å². The molecule has 0 aromatic rings. The van der Waals surface area contributed by atoms with Gasteiger partial charge in [0, 0.05) is 6.42 Å². The number of hydrogen-bond acceptors (Lipinski definition) is 1. The molecule has 0 aromatic carbocycles. The minimum atomic E-state index is 0.300. The second-order valence-electron chi connectivity index (χ2n) is 3.88. The molecule has 0 aliphatic rings. The highest BCUT2D eigenvalue weighted by atomic mass is 16.1. The molecule has 1 atom stereocenters.